The highest BCUT2D eigenvalue weighted by atomic mass is 35.5. The average molecular weight is 430 g/mol. The van der Waals surface area contributed by atoms with Gasteiger partial charge in [0.1, 0.15) is 5.52 Å². The summed E-state index contributed by atoms with van der Waals surface area (Å²) in [6.45, 7) is 0.316. The van der Waals surface area contributed by atoms with E-state index < -0.39 is 5.97 Å². The second-order valence-corrected chi connectivity index (χ2v) is 7.45. The first-order chi connectivity index (χ1) is 14.0. The van der Waals surface area contributed by atoms with Gasteiger partial charge in [0.15, 0.2) is 5.58 Å². The molecule has 0 fully saturated rings. The standard InChI is InChI=1S/C21H17Cl2N3O3/c1-26-7-6-17(25-26)3-2-8-28-21(27)13-4-5-18-19(11-13)29-20(24-18)14-9-15(22)12-16(23)10-14/h4-7,9-12H,2-3,8H2,1H3. The molecule has 2 aromatic carbocycles. The number of ether oxygens (including phenoxy) is 1. The Morgan fingerprint density at radius 3 is 2.66 bits per heavy atom. The Hall–Kier alpha value is -2.83. The lowest BCUT2D eigenvalue weighted by Crippen LogP contribution is -2.07. The molecule has 0 amide bonds. The van der Waals surface area contributed by atoms with Crippen molar-refractivity contribution in [2.75, 3.05) is 6.61 Å². The van der Waals surface area contributed by atoms with Gasteiger partial charge in [0, 0.05) is 28.9 Å². The number of carbonyl (C=O) groups excluding carboxylic acids is 1. The SMILES string of the molecule is Cn1ccc(CCCOC(=O)c2ccc3nc(-c4cc(Cl)cc(Cl)c4)oc3c2)n1. The number of oxazole rings is 1. The third-order valence-corrected chi connectivity index (χ3v) is 4.75. The summed E-state index contributed by atoms with van der Waals surface area (Å²) in [6.07, 6.45) is 3.34. The molecule has 0 aliphatic heterocycles. The molecule has 2 aromatic heterocycles. The van der Waals surface area contributed by atoms with Crippen LogP contribution in [0.4, 0.5) is 0 Å². The van der Waals surface area contributed by atoms with Gasteiger partial charge in [0.25, 0.3) is 0 Å². The molecule has 0 aliphatic rings. The minimum atomic E-state index is -0.406. The minimum Gasteiger partial charge on any atom is -0.462 e. The summed E-state index contributed by atoms with van der Waals surface area (Å²) < 4.78 is 12.9. The van der Waals surface area contributed by atoms with E-state index in [2.05, 4.69) is 10.1 Å². The van der Waals surface area contributed by atoms with Crippen molar-refractivity contribution in [1.82, 2.24) is 14.8 Å². The van der Waals surface area contributed by atoms with Gasteiger partial charge in [-0.05, 0) is 55.3 Å². The molecule has 4 rings (SSSR count). The van der Waals surface area contributed by atoms with E-state index in [9.17, 15) is 4.79 Å². The fourth-order valence-electron chi connectivity index (χ4n) is 2.95. The quantitative estimate of drug-likeness (QED) is 0.306. The van der Waals surface area contributed by atoms with Crippen molar-refractivity contribution in [2.45, 2.75) is 12.8 Å². The number of fused-ring (bicyclic) bond motifs is 1. The fourth-order valence-corrected chi connectivity index (χ4v) is 3.48. The molecule has 6 nitrogen and oxygen atoms in total. The van der Waals surface area contributed by atoms with Crippen molar-refractivity contribution >= 4 is 40.3 Å². The highest BCUT2D eigenvalue weighted by molar-refractivity contribution is 6.35. The summed E-state index contributed by atoms with van der Waals surface area (Å²) >= 11 is 12.1. The minimum absolute atomic E-state index is 0.316. The van der Waals surface area contributed by atoms with E-state index in [0.717, 1.165) is 12.1 Å². The van der Waals surface area contributed by atoms with Crippen LogP contribution < -0.4 is 0 Å². The number of benzene rings is 2. The van der Waals surface area contributed by atoms with E-state index in [-0.39, 0.29) is 0 Å². The zero-order chi connectivity index (χ0) is 20.4. The zero-order valence-corrected chi connectivity index (χ0v) is 17.1. The van der Waals surface area contributed by atoms with Gasteiger partial charge in [-0.3, -0.25) is 4.68 Å². The van der Waals surface area contributed by atoms with E-state index >= 15 is 0 Å². The fraction of sp³-hybridized carbons (Fsp3) is 0.190. The maximum atomic E-state index is 12.3. The summed E-state index contributed by atoms with van der Waals surface area (Å²) in [6, 6.07) is 12.0. The second kappa shape index (κ2) is 8.27. The highest BCUT2D eigenvalue weighted by Crippen LogP contribution is 2.29. The van der Waals surface area contributed by atoms with Crippen LogP contribution in [0, 0.1) is 0 Å². The van der Waals surface area contributed by atoms with Crippen molar-refractivity contribution in [2.24, 2.45) is 7.05 Å². The Morgan fingerprint density at radius 1 is 1.14 bits per heavy atom. The number of esters is 1. The predicted octanol–water partition coefficient (Wildman–Crippen LogP) is 5.32. The van der Waals surface area contributed by atoms with E-state index in [0.29, 0.717) is 51.2 Å². The monoisotopic (exact) mass is 429 g/mol. The van der Waals surface area contributed by atoms with Gasteiger partial charge in [-0.15, -0.1) is 0 Å². The molecule has 0 radical (unpaired) electrons. The maximum Gasteiger partial charge on any atom is 0.338 e. The van der Waals surface area contributed by atoms with Gasteiger partial charge in [-0.1, -0.05) is 23.2 Å². The summed E-state index contributed by atoms with van der Waals surface area (Å²) in [5.41, 5.74) is 3.15. The van der Waals surface area contributed by atoms with Crippen LogP contribution >= 0.6 is 23.2 Å². The van der Waals surface area contributed by atoms with Crippen molar-refractivity contribution in [3.63, 3.8) is 0 Å². The number of hydrogen-bond donors (Lipinski definition) is 0. The molecule has 0 saturated carbocycles. The van der Waals surface area contributed by atoms with Crippen LogP contribution in [0.2, 0.25) is 10.0 Å². The van der Waals surface area contributed by atoms with Crippen LogP contribution in [0.25, 0.3) is 22.6 Å². The third-order valence-electron chi connectivity index (χ3n) is 4.31. The normalized spacial score (nSPS) is 11.1. The third kappa shape index (κ3) is 4.60. The number of halogens is 2. The molecule has 148 valence electrons. The Bertz CT molecular complexity index is 1160. The van der Waals surface area contributed by atoms with E-state index in [1.165, 1.54) is 0 Å². The number of rotatable bonds is 6. The number of hydrogen-bond acceptors (Lipinski definition) is 5. The number of aromatic nitrogens is 3. The van der Waals surface area contributed by atoms with Crippen LogP contribution in [0.5, 0.6) is 0 Å². The Kier molecular flexibility index (Phi) is 5.56. The lowest BCUT2D eigenvalue weighted by atomic mass is 10.2. The molecular weight excluding hydrogens is 413 g/mol. The number of nitrogens with zero attached hydrogens (tertiary/aromatic N) is 3. The first-order valence-corrected chi connectivity index (χ1v) is 9.76. The van der Waals surface area contributed by atoms with E-state index in [1.807, 2.05) is 19.3 Å². The van der Waals surface area contributed by atoms with Crippen molar-refractivity contribution in [3.8, 4) is 11.5 Å². The van der Waals surface area contributed by atoms with Crippen molar-refractivity contribution in [1.29, 1.82) is 0 Å². The Morgan fingerprint density at radius 2 is 1.93 bits per heavy atom. The summed E-state index contributed by atoms with van der Waals surface area (Å²) in [5, 5.41) is 5.28. The largest absolute Gasteiger partial charge is 0.462 e. The van der Waals surface area contributed by atoms with Crippen LogP contribution in [-0.2, 0) is 18.2 Å². The summed E-state index contributed by atoms with van der Waals surface area (Å²) in [7, 11) is 1.87. The first-order valence-electron chi connectivity index (χ1n) is 9.01. The molecule has 4 aromatic rings. The number of aryl methyl sites for hydroxylation is 2. The molecule has 0 unspecified atom stereocenters. The predicted molar refractivity (Wildman–Crippen MR) is 111 cm³/mol. The van der Waals surface area contributed by atoms with Crippen LogP contribution in [0.1, 0.15) is 22.5 Å². The van der Waals surface area contributed by atoms with Crippen LogP contribution in [-0.4, -0.2) is 27.3 Å². The van der Waals surface area contributed by atoms with Crippen LogP contribution in [0.3, 0.4) is 0 Å². The lowest BCUT2D eigenvalue weighted by molar-refractivity contribution is 0.0500. The summed E-state index contributed by atoms with van der Waals surface area (Å²) in [4.78, 5) is 16.8. The molecule has 0 N–H and O–H groups in total. The van der Waals surface area contributed by atoms with E-state index in [1.54, 1.807) is 41.1 Å². The molecule has 29 heavy (non-hydrogen) atoms. The Balaban J connectivity index is 1.43. The van der Waals surface area contributed by atoms with Gasteiger partial charge >= 0.3 is 5.97 Å². The molecular formula is C21H17Cl2N3O3. The number of carbonyl (C=O) groups is 1. The van der Waals surface area contributed by atoms with Gasteiger partial charge in [-0.25, -0.2) is 9.78 Å². The lowest BCUT2D eigenvalue weighted by Gasteiger charge is -2.04. The van der Waals surface area contributed by atoms with Crippen LogP contribution in [0.15, 0.2) is 53.1 Å². The molecule has 0 spiro atoms. The molecule has 0 bridgehead atoms. The van der Waals surface area contributed by atoms with Gasteiger partial charge < -0.3 is 9.15 Å². The van der Waals surface area contributed by atoms with Crippen molar-refractivity contribution < 1.29 is 13.9 Å². The zero-order valence-electron chi connectivity index (χ0n) is 15.6. The first kappa shape index (κ1) is 19.5. The van der Waals surface area contributed by atoms with Gasteiger partial charge in [0.2, 0.25) is 5.89 Å². The molecule has 8 heteroatoms. The van der Waals surface area contributed by atoms with Gasteiger partial charge in [-0.2, -0.15) is 5.10 Å². The van der Waals surface area contributed by atoms with Crippen molar-refractivity contribution in [3.05, 3.63) is 70.0 Å². The maximum absolute atomic E-state index is 12.3. The molecule has 2 heterocycles. The molecule has 0 aliphatic carbocycles. The smallest absolute Gasteiger partial charge is 0.338 e. The topological polar surface area (TPSA) is 70.2 Å². The van der Waals surface area contributed by atoms with Gasteiger partial charge in [0.05, 0.1) is 17.9 Å². The second-order valence-electron chi connectivity index (χ2n) is 6.58. The highest BCUT2D eigenvalue weighted by Gasteiger charge is 2.14. The molecule has 0 atom stereocenters. The van der Waals surface area contributed by atoms with E-state index in [4.69, 9.17) is 32.4 Å². The average Bonchev–Trinajstić information content (AvgIpc) is 3.29. The Labute approximate surface area is 177 Å². The summed E-state index contributed by atoms with van der Waals surface area (Å²) in [5.74, 6) is -0.0260. The molecule has 0 saturated heterocycles.